The first-order valence-corrected chi connectivity index (χ1v) is 9.09. The Kier molecular flexibility index (Phi) is 4.66. The molecule has 114 valence electrons. The minimum absolute atomic E-state index is 0.0363. The number of hydrogen-bond donors (Lipinski definition) is 0. The number of benzene rings is 1. The van der Waals surface area contributed by atoms with Crippen LogP contribution in [0.2, 0.25) is 4.34 Å². The maximum absolute atomic E-state index is 12.8. The van der Waals surface area contributed by atoms with Crippen molar-refractivity contribution < 1.29 is 0 Å². The highest BCUT2D eigenvalue weighted by Gasteiger charge is 2.18. The Morgan fingerprint density at radius 1 is 1.36 bits per heavy atom. The quantitative estimate of drug-likeness (QED) is 0.580. The van der Waals surface area contributed by atoms with E-state index in [9.17, 15) is 4.79 Å². The molecule has 2 heterocycles. The molecular weight excluding hydrogens is 384 g/mol. The third-order valence-corrected chi connectivity index (χ3v) is 5.69. The van der Waals surface area contributed by atoms with Gasteiger partial charge in [-0.05, 0) is 18.1 Å². The van der Waals surface area contributed by atoms with Gasteiger partial charge in [0.2, 0.25) is 0 Å². The van der Waals surface area contributed by atoms with Crippen molar-refractivity contribution >= 4 is 49.1 Å². The number of thiophene rings is 1. The molecule has 0 bridgehead atoms. The molecular formula is C16H14BrClN2OS. The van der Waals surface area contributed by atoms with Crippen LogP contribution in [0.1, 0.15) is 29.6 Å². The fraction of sp³-hybridized carbons (Fsp3) is 0.250. The molecule has 0 spiro atoms. The third-order valence-electron chi connectivity index (χ3n) is 3.47. The van der Waals surface area contributed by atoms with Crippen molar-refractivity contribution in [2.24, 2.45) is 0 Å². The average molecular weight is 398 g/mol. The summed E-state index contributed by atoms with van der Waals surface area (Å²) in [6.45, 7) is 2.57. The Bertz CT molecular complexity index is 860. The number of nitrogens with zero attached hydrogens (tertiary/aromatic N) is 2. The lowest BCUT2D eigenvalue weighted by Crippen LogP contribution is -2.26. The largest absolute Gasteiger partial charge is 0.291 e. The molecule has 1 atom stereocenters. The SMILES string of the molecule is CCC(Br)c1nc2sc(Cl)cc2c(=O)n1Cc1ccccc1. The highest BCUT2D eigenvalue weighted by atomic mass is 79.9. The number of aromatic nitrogens is 2. The number of alkyl halides is 1. The first kappa shape index (κ1) is 15.7. The molecule has 0 aliphatic heterocycles. The lowest BCUT2D eigenvalue weighted by atomic mass is 10.2. The van der Waals surface area contributed by atoms with E-state index in [1.165, 1.54) is 11.3 Å². The summed E-state index contributed by atoms with van der Waals surface area (Å²) in [5.41, 5.74) is 1.04. The standard InChI is InChI=1S/C16H14BrClN2OS/c1-2-12(17)14-19-15-11(8-13(18)22-15)16(21)20(14)9-10-6-4-3-5-7-10/h3-8,12H,2,9H2,1H3. The normalized spacial score (nSPS) is 12.7. The topological polar surface area (TPSA) is 34.9 Å². The van der Waals surface area contributed by atoms with Crippen molar-refractivity contribution in [2.75, 3.05) is 0 Å². The first-order valence-electron chi connectivity index (χ1n) is 6.98. The van der Waals surface area contributed by atoms with Crippen LogP contribution in [0.5, 0.6) is 0 Å². The summed E-state index contributed by atoms with van der Waals surface area (Å²) in [5, 5.41) is 0.588. The lowest BCUT2D eigenvalue weighted by molar-refractivity contribution is 0.663. The molecule has 0 aliphatic carbocycles. The molecule has 22 heavy (non-hydrogen) atoms. The molecule has 2 aromatic heterocycles. The highest BCUT2D eigenvalue weighted by molar-refractivity contribution is 9.09. The minimum Gasteiger partial charge on any atom is -0.291 e. The van der Waals surface area contributed by atoms with Gasteiger partial charge in [0.25, 0.3) is 5.56 Å². The maximum Gasteiger partial charge on any atom is 0.262 e. The summed E-state index contributed by atoms with van der Waals surface area (Å²) in [6.07, 6.45) is 0.853. The maximum atomic E-state index is 12.8. The van der Waals surface area contributed by atoms with Crippen LogP contribution >= 0.6 is 38.9 Å². The third kappa shape index (κ3) is 2.98. The molecule has 0 radical (unpaired) electrons. The second kappa shape index (κ2) is 6.52. The highest BCUT2D eigenvalue weighted by Crippen LogP contribution is 2.30. The molecule has 1 unspecified atom stereocenters. The van der Waals surface area contributed by atoms with Gasteiger partial charge in [-0.2, -0.15) is 0 Å². The van der Waals surface area contributed by atoms with E-state index in [0.29, 0.717) is 21.1 Å². The van der Waals surface area contributed by atoms with E-state index in [0.717, 1.165) is 17.8 Å². The van der Waals surface area contributed by atoms with Crippen LogP contribution in [0.15, 0.2) is 41.2 Å². The zero-order chi connectivity index (χ0) is 15.7. The monoisotopic (exact) mass is 396 g/mol. The molecule has 0 fully saturated rings. The predicted molar refractivity (Wildman–Crippen MR) is 96.4 cm³/mol. The summed E-state index contributed by atoms with van der Waals surface area (Å²) >= 11 is 11.0. The Morgan fingerprint density at radius 2 is 2.09 bits per heavy atom. The molecule has 6 heteroatoms. The van der Waals surface area contributed by atoms with Crippen molar-refractivity contribution in [3.8, 4) is 0 Å². The predicted octanol–water partition coefficient (Wildman–Crippen LogP) is 5.01. The van der Waals surface area contributed by atoms with Crippen molar-refractivity contribution in [2.45, 2.75) is 24.7 Å². The van der Waals surface area contributed by atoms with Crippen LogP contribution in [-0.2, 0) is 6.54 Å². The molecule has 3 nitrogen and oxygen atoms in total. The molecule has 0 aliphatic rings. The van der Waals surface area contributed by atoms with Gasteiger partial charge in [0.15, 0.2) is 0 Å². The van der Waals surface area contributed by atoms with Crippen LogP contribution in [0, 0.1) is 0 Å². The van der Waals surface area contributed by atoms with E-state index in [-0.39, 0.29) is 10.4 Å². The second-order valence-electron chi connectivity index (χ2n) is 4.99. The van der Waals surface area contributed by atoms with E-state index in [2.05, 4.69) is 27.8 Å². The molecule has 0 saturated heterocycles. The van der Waals surface area contributed by atoms with E-state index in [1.54, 1.807) is 10.6 Å². The molecule has 0 N–H and O–H groups in total. The Labute approximate surface area is 145 Å². The fourth-order valence-electron chi connectivity index (χ4n) is 2.34. The lowest BCUT2D eigenvalue weighted by Gasteiger charge is -2.15. The van der Waals surface area contributed by atoms with Crippen molar-refractivity contribution in [3.63, 3.8) is 0 Å². The zero-order valence-corrected chi connectivity index (χ0v) is 15.1. The van der Waals surface area contributed by atoms with Gasteiger partial charge in [-0.3, -0.25) is 9.36 Å². The number of fused-ring (bicyclic) bond motifs is 1. The summed E-state index contributed by atoms with van der Waals surface area (Å²) in [5.74, 6) is 0.752. The van der Waals surface area contributed by atoms with Gasteiger partial charge in [0, 0.05) is 0 Å². The fourth-order valence-corrected chi connectivity index (χ4v) is 3.78. The molecule has 1 aromatic carbocycles. The van der Waals surface area contributed by atoms with Gasteiger partial charge >= 0.3 is 0 Å². The van der Waals surface area contributed by atoms with Crippen molar-refractivity contribution in [3.05, 3.63) is 62.5 Å². The van der Waals surface area contributed by atoms with E-state index in [1.807, 2.05) is 30.3 Å². The van der Waals surface area contributed by atoms with Crippen LogP contribution < -0.4 is 5.56 Å². The van der Waals surface area contributed by atoms with Crippen LogP contribution in [0.3, 0.4) is 0 Å². The molecule has 3 aromatic rings. The van der Waals surface area contributed by atoms with Gasteiger partial charge in [-0.25, -0.2) is 4.98 Å². The summed E-state index contributed by atoms with van der Waals surface area (Å²) in [7, 11) is 0. The van der Waals surface area contributed by atoms with Gasteiger partial charge < -0.3 is 0 Å². The molecule has 0 saturated carbocycles. The Morgan fingerprint density at radius 3 is 2.77 bits per heavy atom. The summed E-state index contributed by atoms with van der Waals surface area (Å²) < 4.78 is 2.33. The van der Waals surface area contributed by atoms with Gasteiger partial charge in [-0.1, -0.05) is 64.8 Å². The van der Waals surface area contributed by atoms with Crippen molar-refractivity contribution in [1.29, 1.82) is 0 Å². The minimum atomic E-state index is -0.0371. The van der Waals surface area contributed by atoms with E-state index < -0.39 is 0 Å². The molecule has 3 rings (SSSR count). The zero-order valence-electron chi connectivity index (χ0n) is 11.9. The number of halogens is 2. The van der Waals surface area contributed by atoms with Gasteiger partial charge in [0.05, 0.1) is 21.1 Å². The van der Waals surface area contributed by atoms with Gasteiger partial charge in [-0.15, -0.1) is 11.3 Å². The van der Waals surface area contributed by atoms with E-state index >= 15 is 0 Å². The Balaban J connectivity index is 2.20. The van der Waals surface area contributed by atoms with Gasteiger partial charge in [0.1, 0.15) is 10.7 Å². The second-order valence-corrected chi connectivity index (χ2v) is 7.76. The number of hydrogen-bond acceptors (Lipinski definition) is 3. The first-order chi connectivity index (χ1) is 10.6. The summed E-state index contributed by atoms with van der Waals surface area (Å²) in [6, 6.07) is 11.6. The smallest absolute Gasteiger partial charge is 0.262 e. The van der Waals surface area contributed by atoms with E-state index in [4.69, 9.17) is 11.6 Å². The Hall–Kier alpha value is -1.17. The average Bonchev–Trinajstić information content (AvgIpc) is 2.91. The van der Waals surface area contributed by atoms with Crippen LogP contribution in [0.25, 0.3) is 10.2 Å². The molecule has 0 amide bonds. The van der Waals surface area contributed by atoms with Crippen LogP contribution in [-0.4, -0.2) is 9.55 Å². The number of rotatable bonds is 4. The van der Waals surface area contributed by atoms with Crippen molar-refractivity contribution in [1.82, 2.24) is 9.55 Å². The summed E-state index contributed by atoms with van der Waals surface area (Å²) in [4.78, 5) is 18.2. The van der Waals surface area contributed by atoms with Crippen LogP contribution in [0.4, 0.5) is 0 Å².